The van der Waals surface area contributed by atoms with Crippen LogP contribution in [0.2, 0.25) is 0 Å². The first kappa shape index (κ1) is 23.5. The van der Waals surface area contributed by atoms with Gasteiger partial charge in [-0.1, -0.05) is 12.1 Å². The summed E-state index contributed by atoms with van der Waals surface area (Å²) in [4.78, 5) is 39.3. The van der Waals surface area contributed by atoms with E-state index in [9.17, 15) is 9.59 Å². The van der Waals surface area contributed by atoms with Crippen molar-refractivity contribution in [3.05, 3.63) is 51.0 Å². The van der Waals surface area contributed by atoms with Crippen molar-refractivity contribution in [1.82, 2.24) is 24.6 Å². The second-order valence-corrected chi connectivity index (χ2v) is 10.8. The van der Waals surface area contributed by atoms with Crippen LogP contribution in [0.25, 0.3) is 33.2 Å². The van der Waals surface area contributed by atoms with Gasteiger partial charge in [-0.15, -0.1) is 0 Å². The fraction of sp³-hybridized carbons (Fsp3) is 0.464. The average Bonchev–Trinajstić information content (AvgIpc) is 3.59. The highest BCUT2D eigenvalue weighted by Crippen LogP contribution is 2.36. The Labute approximate surface area is 219 Å². The van der Waals surface area contributed by atoms with E-state index in [0.717, 1.165) is 44.6 Å². The number of methoxy groups -OCH3 is 1. The third-order valence-electron chi connectivity index (χ3n) is 8.43. The first-order valence-electron chi connectivity index (χ1n) is 13.5. The van der Waals surface area contributed by atoms with E-state index >= 15 is 0 Å². The van der Waals surface area contributed by atoms with Crippen LogP contribution in [0.4, 0.5) is 5.69 Å². The molecule has 0 radical (unpaired) electrons. The van der Waals surface area contributed by atoms with Crippen molar-refractivity contribution in [2.45, 2.75) is 50.9 Å². The molecule has 198 valence electrons. The molecule has 7 rings (SSSR count). The fourth-order valence-corrected chi connectivity index (χ4v) is 6.52. The summed E-state index contributed by atoms with van der Waals surface area (Å²) < 4.78 is 13.8. The smallest absolute Gasteiger partial charge is 0.275 e. The lowest BCUT2D eigenvalue weighted by molar-refractivity contribution is 0.180. The van der Waals surface area contributed by atoms with E-state index in [1.165, 1.54) is 0 Å². The normalized spacial score (nSPS) is 24.9. The monoisotopic (exact) mass is 516 g/mol. The molecule has 0 saturated carbocycles. The molecule has 3 aliphatic rings. The van der Waals surface area contributed by atoms with Gasteiger partial charge in [-0.25, -0.2) is 4.98 Å². The van der Waals surface area contributed by atoms with Crippen molar-refractivity contribution in [2.24, 2.45) is 0 Å². The minimum atomic E-state index is -0.302. The Morgan fingerprint density at radius 2 is 2.08 bits per heavy atom. The van der Waals surface area contributed by atoms with Gasteiger partial charge in [-0.3, -0.25) is 24.3 Å². The van der Waals surface area contributed by atoms with Gasteiger partial charge in [-0.2, -0.15) is 0 Å². The zero-order valence-electron chi connectivity index (χ0n) is 21.7. The summed E-state index contributed by atoms with van der Waals surface area (Å²) in [6.45, 7) is 5.81. The molecule has 2 N–H and O–H groups in total. The SMILES string of the molecule is COC[C@H]1CCCN1c1cc2c3nc(c(=O)[nH]c3c1)-c1cccc3c(=O)n([nH]c13)CCN1C[C@H](C[C@H]1C)O2. The number of nitrogens with one attached hydrogen (secondary N) is 2. The Bertz CT molecular complexity index is 1660. The number of nitrogens with zero attached hydrogens (tertiary/aromatic N) is 4. The molecule has 0 aliphatic carbocycles. The van der Waals surface area contributed by atoms with Crippen molar-refractivity contribution in [1.29, 1.82) is 0 Å². The number of aromatic amines is 2. The second kappa shape index (κ2) is 8.99. The molecular formula is C28H32N6O4. The summed E-state index contributed by atoms with van der Waals surface area (Å²) in [6.07, 6.45) is 3.01. The number of rotatable bonds is 3. The van der Waals surface area contributed by atoms with E-state index in [0.29, 0.717) is 52.4 Å². The molecule has 4 aromatic rings. The number of anilines is 1. The average molecular weight is 517 g/mol. The lowest BCUT2D eigenvalue weighted by atomic mass is 10.1. The zero-order chi connectivity index (χ0) is 26.0. The Kier molecular flexibility index (Phi) is 5.55. The third-order valence-corrected chi connectivity index (χ3v) is 8.43. The molecule has 3 aliphatic heterocycles. The molecule has 10 nitrogen and oxygen atoms in total. The lowest BCUT2D eigenvalue weighted by Crippen LogP contribution is -2.34. The van der Waals surface area contributed by atoms with Gasteiger partial charge in [0.2, 0.25) is 0 Å². The van der Waals surface area contributed by atoms with E-state index in [1.807, 2.05) is 12.1 Å². The summed E-state index contributed by atoms with van der Waals surface area (Å²) in [5.41, 5.74) is 3.37. The third kappa shape index (κ3) is 3.73. The van der Waals surface area contributed by atoms with Crippen molar-refractivity contribution in [3.8, 4) is 17.0 Å². The molecule has 2 aromatic heterocycles. The Balaban J connectivity index is 1.46. The van der Waals surface area contributed by atoms with Gasteiger partial charge in [0.05, 0.1) is 35.6 Å². The highest BCUT2D eigenvalue weighted by molar-refractivity contribution is 5.94. The molecule has 1 unspecified atom stereocenters. The van der Waals surface area contributed by atoms with E-state index in [-0.39, 0.29) is 29.0 Å². The topological polar surface area (TPSA) is 108 Å². The van der Waals surface area contributed by atoms with Crippen LogP contribution in [0.3, 0.4) is 0 Å². The van der Waals surface area contributed by atoms with Gasteiger partial charge in [-0.05, 0) is 31.9 Å². The van der Waals surface area contributed by atoms with E-state index in [4.69, 9.17) is 14.5 Å². The summed E-state index contributed by atoms with van der Waals surface area (Å²) in [5.74, 6) is 0.674. The highest BCUT2D eigenvalue weighted by Gasteiger charge is 2.32. The molecule has 2 aromatic carbocycles. The molecule has 5 heterocycles. The summed E-state index contributed by atoms with van der Waals surface area (Å²) in [7, 11) is 1.73. The van der Waals surface area contributed by atoms with Gasteiger partial charge < -0.3 is 19.4 Å². The number of hydrogen-bond donors (Lipinski definition) is 2. The van der Waals surface area contributed by atoms with Gasteiger partial charge in [0.1, 0.15) is 23.1 Å². The van der Waals surface area contributed by atoms with E-state index in [1.54, 1.807) is 23.9 Å². The number of H-pyrrole nitrogens is 2. The molecule has 10 heteroatoms. The van der Waals surface area contributed by atoms with Crippen LogP contribution in [-0.4, -0.2) is 76.2 Å². The molecule has 6 bridgehead atoms. The highest BCUT2D eigenvalue weighted by atomic mass is 16.5. The molecule has 2 fully saturated rings. The van der Waals surface area contributed by atoms with Crippen LogP contribution in [0.15, 0.2) is 39.9 Å². The number of aromatic nitrogens is 4. The van der Waals surface area contributed by atoms with Crippen molar-refractivity contribution in [2.75, 3.05) is 38.3 Å². The summed E-state index contributed by atoms with van der Waals surface area (Å²) >= 11 is 0. The molecule has 0 amide bonds. The summed E-state index contributed by atoms with van der Waals surface area (Å²) in [6, 6.07) is 10.1. The van der Waals surface area contributed by atoms with Crippen molar-refractivity contribution in [3.63, 3.8) is 0 Å². The number of fused-ring (bicyclic) bond motifs is 5. The molecule has 0 spiro atoms. The minimum Gasteiger partial charge on any atom is -0.487 e. The zero-order valence-corrected chi connectivity index (χ0v) is 21.7. The minimum absolute atomic E-state index is 0.0178. The Morgan fingerprint density at radius 3 is 2.95 bits per heavy atom. The second-order valence-electron chi connectivity index (χ2n) is 10.8. The van der Waals surface area contributed by atoms with Crippen molar-refractivity contribution < 1.29 is 9.47 Å². The number of ether oxygens (including phenoxy) is 2. The fourth-order valence-electron chi connectivity index (χ4n) is 6.52. The van der Waals surface area contributed by atoms with Crippen LogP contribution in [0, 0.1) is 0 Å². The number of para-hydroxylation sites is 1. The summed E-state index contributed by atoms with van der Waals surface area (Å²) in [5, 5.41) is 3.82. The van der Waals surface area contributed by atoms with Crippen LogP contribution in [-0.2, 0) is 11.3 Å². The molecule has 4 atom stereocenters. The van der Waals surface area contributed by atoms with E-state index < -0.39 is 0 Å². The van der Waals surface area contributed by atoms with Gasteiger partial charge in [0.15, 0.2) is 0 Å². The Hall–Kier alpha value is -3.63. The Morgan fingerprint density at radius 1 is 1.18 bits per heavy atom. The van der Waals surface area contributed by atoms with Crippen LogP contribution in [0.5, 0.6) is 5.75 Å². The maximum absolute atomic E-state index is 13.4. The van der Waals surface area contributed by atoms with Crippen LogP contribution >= 0.6 is 0 Å². The number of hydrogen-bond acceptors (Lipinski definition) is 7. The largest absolute Gasteiger partial charge is 0.487 e. The van der Waals surface area contributed by atoms with Gasteiger partial charge >= 0.3 is 0 Å². The van der Waals surface area contributed by atoms with E-state index in [2.05, 4.69) is 32.9 Å². The van der Waals surface area contributed by atoms with Crippen LogP contribution in [0.1, 0.15) is 26.2 Å². The first-order chi connectivity index (χ1) is 18.5. The first-order valence-corrected chi connectivity index (χ1v) is 13.5. The molecule has 2 saturated heterocycles. The maximum Gasteiger partial charge on any atom is 0.275 e. The predicted octanol–water partition coefficient (Wildman–Crippen LogP) is 2.70. The van der Waals surface area contributed by atoms with Gasteiger partial charge in [0.25, 0.3) is 11.1 Å². The van der Waals surface area contributed by atoms with Gasteiger partial charge in [0, 0.05) is 56.5 Å². The molecular weight excluding hydrogens is 484 g/mol. The quantitative estimate of drug-likeness (QED) is 0.431. The standard InChI is InChI=1S/C28H32N6O4/c1-16-11-19-14-32(16)9-10-34-28(36)21-7-3-6-20(24(21)31-34)25-27(35)29-22-12-18(13-23(38-19)26(22)30-25)33-8-4-5-17(33)15-37-2/h3,6-7,12-13,16-17,19,31H,4-5,8-11,14-15H2,1-2H3,(H,29,35)/t16-,17-,19+/m1/s1. The predicted molar refractivity (Wildman–Crippen MR) is 146 cm³/mol. The lowest BCUT2D eigenvalue weighted by Gasteiger charge is -2.27. The van der Waals surface area contributed by atoms with Crippen LogP contribution < -0.4 is 20.8 Å². The molecule has 38 heavy (non-hydrogen) atoms. The van der Waals surface area contributed by atoms with Crippen molar-refractivity contribution >= 4 is 27.6 Å². The number of benzene rings is 2. The maximum atomic E-state index is 13.4.